The van der Waals surface area contributed by atoms with Crippen molar-refractivity contribution in [1.29, 1.82) is 0 Å². The summed E-state index contributed by atoms with van der Waals surface area (Å²) in [4.78, 5) is 2.45. The van der Waals surface area contributed by atoms with E-state index in [1.165, 1.54) is 17.5 Å². The Balaban J connectivity index is 1.85. The molecule has 1 aromatic carbocycles. The lowest BCUT2D eigenvalue weighted by molar-refractivity contribution is 0.192. The summed E-state index contributed by atoms with van der Waals surface area (Å²) in [7, 11) is 1.72. The average Bonchev–Trinajstić information content (AvgIpc) is 2.82. The highest BCUT2D eigenvalue weighted by Crippen LogP contribution is 2.38. The van der Waals surface area contributed by atoms with E-state index in [0.717, 1.165) is 31.7 Å². The van der Waals surface area contributed by atoms with E-state index in [4.69, 9.17) is 4.74 Å². The fourth-order valence-corrected chi connectivity index (χ4v) is 3.02. The molecule has 1 atom stereocenters. The topological polar surface area (TPSA) is 32.7 Å². The number of benzene rings is 1. The van der Waals surface area contributed by atoms with Crippen molar-refractivity contribution in [3.05, 3.63) is 41.2 Å². The van der Waals surface area contributed by atoms with Gasteiger partial charge in [-0.25, -0.2) is 0 Å². The minimum Gasteiger partial charge on any atom is -0.513 e. The molecule has 2 aliphatic rings. The van der Waals surface area contributed by atoms with Gasteiger partial charge < -0.3 is 9.84 Å². The van der Waals surface area contributed by atoms with Gasteiger partial charge in [0.15, 0.2) is 0 Å². The van der Waals surface area contributed by atoms with Crippen molar-refractivity contribution in [2.24, 2.45) is 0 Å². The van der Waals surface area contributed by atoms with Crippen LogP contribution in [0.3, 0.4) is 0 Å². The van der Waals surface area contributed by atoms with Gasteiger partial charge in [-0.2, -0.15) is 0 Å². The standard InChI is InChI=1S/C15H19NO2/c1-18-13-4-2-11-3-5-15(14(11)10-13)16-8-6-12(17)7-9-16/h2,4,6,10,15,17H,3,5,7-9H2,1H3. The molecule has 3 rings (SSSR count). The Bertz CT molecular complexity index is 481. The van der Waals surface area contributed by atoms with Gasteiger partial charge in [-0.1, -0.05) is 6.07 Å². The van der Waals surface area contributed by atoms with Crippen molar-refractivity contribution >= 4 is 0 Å². The zero-order chi connectivity index (χ0) is 12.5. The third-order valence-electron chi connectivity index (χ3n) is 4.06. The highest BCUT2D eigenvalue weighted by Gasteiger charge is 2.29. The molecule has 0 bridgehead atoms. The van der Waals surface area contributed by atoms with Crippen molar-refractivity contribution in [2.75, 3.05) is 20.2 Å². The largest absolute Gasteiger partial charge is 0.513 e. The minimum atomic E-state index is 0.486. The van der Waals surface area contributed by atoms with Gasteiger partial charge in [0, 0.05) is 25.6 Å². The van der Waals surface area contributed by atoms with Crippen LogP contribution in [0.1, 0.15) is 30.0 Å². The molecule has 0 aromatic heterocycles. The summed E-state index contributed by atoms with van der Waals surface area (Å²) in [5, 5.41) is 9.46. The summed E-state index contributed by atoms with van der Waals surface area (Å²) in [6.07, 6.45) is 5.03. The first-order valence-electron chi connectivity index (χ1n) is 6.57. The summed E-state index contributed by atoms with van der Waals surface area (Å²) < 4.78 is 5.32. The van der Waals surface area contributed by atoms with E-state index in [9.17, 15) is 5.11 Å². The van der Waals surface area contributed by atoms with E-state index in [1.54, 1.807) is 7.11 Å². The zero-order valence-electron chi connectivity index (χ0n) is 10.7. The van der Waals surface area contributed by atoms with Crippen LogP contribution < -0.4 is 4.74 Å². The zero-order valence-corrected chi connectivity index (χ0v) is 10.7. The predicted molar refractivity (Wildman–Crippen MR) is 71.0 cm³/mol. The molecule has 0 spiro atoms. The number of hydrogen-bond donors (Lipinski definition) is 1. The van der Waals surface area contributed by atoms with E-state index in [1.807, 2.05) is 12.1 Å². The number of ether oxygens (including phenoxy) is 1. The van der Waals surface area contributed by atoms with Gasteiger partial charge in [-0.15, -0.1) is 0 Å². The Labute approximate surface area is 108 Å². The first-order valence-corrected chi connectivity index (χ1v) is 6.57. The van der Waals surface area contributed by atoms with E-state index in [0.29, 0.717) is 11.8 Å². The molecule has 18 heavy (non-hydrogen) atoms. The number of aliphatic hydroxyl groups excluding tert-OH is 1. The molecule has 1 unspecified atom stereocenters. The molecule has 96 valence electrons. The lowest BCUT2D eigenvalue weighted by atomic mass is 10.0. The molecule has 0 saturated heterocycles. The second-order valence-electron chi connectivity index (χ2n) is 5.06. The molecular formula is C15H19NO2. The molecular weight excluding hydrogens is 226 g/mol. The van der Waals surface area contributed by atoms with Crippen molar-refractivity contribution in [3.8, 4) is 5.75 Å². The van der Waals surface area contributed by atoms with Crippen LogP contribution in [-0.4, -0.2) is 30.2 Å². The van der Waals surface area contributed by atoms with Gasteiger partial charge in [0.2, 0.25) is 0 Å². The van der Waals surface area contributed by atoms with Crippen LogP contribution in [0.5, 0.6) is 5.75 Å². The summed E-state index contributed by atoms with van der Waals surface area (Å²) in [5.74, 6) is 1.48. The second kappa shape index (κ2) is 4.65. The SMILES string of the molecule is COc1ccc2c(c1)C(N1CC=C(O)CC1)CC2. The fraction of sp³-hybridized carbons (Fsp3) is 0.467. The number of methoxy groups -OCH3 is 1. The van der Waals surface area contributed by atoms with Crippen LogP contribution in [0.25, 0.3) is 0 Å². The van der Waals surface area contributed by atoms with Gasteiger partial charge in [-0.3, -0.25) is 4.90 Å². The maximum atomic E-state index is 9.46. The maximum absolute atomic E-state index is 9.46. The Kier molecular flexibility index (Phi) is 3.00. The van der Waals surface area contributed by atoms with Crippen LogP contribution in [0.15, 0.2) is 30.0 Å². The molecule has 3 heteroatoms. The van der Waals surface area contributed by atoms with Gasteiger partial charge >= 0.3 is 0 Å². The third kappa shape index (κ3) is 1.99. The van der Waals surface area contributed by atoms with Gasteiger partial charge in [0.25, 0.3) is 0 Å². The van der Waals surface area contributed by atoms with Crippen molar-refractivity contribution in [2.45, 2.75) is 25.3 Å². The average molecular weight is 245 g/mol. The molecule has 1 N–H and O–H groups in total. The van der Waals surface area contributed by atoms with Gasteiger partial charge in [0.05, 0.1) is 12.9 Å². The van der Waals surface area contributed by atoms with Crippen LogP contribution in [0.2, 0.25) is 0 Å². The quantitative estimate of drug-likeness (QED) is 0.869. The monoisotopic (exact) mass is 245 g/mol. The number of fused-ring (bicyclic) bond motifs is 1. The number of hydrogen-bond acceptors (Lipinski definition) is 3. The maximum Gasteiger partial charge on any atom is 0.119 e. The van der Waals surface area contributed by atoms with Gasteiger partial charge in [0.1, 0.15) is 5.75 Å². The Hall–Kier alpha value is -1.48. The summed E-state index contributed by atoms with van der Waals surface area (Å²) in [5.41, 5.74) is 2.85. The lowest BCUT2D eigenvalue weighted by Crippen LogP contribution is -2.31. The number of rotatable bonds is 2. The van der Waals surface area contributed by atoms with Gasteiger partial charge in [-0.05, 0) is 42.2 Å². The molecule has 1 aromatic rings. The molecule has 0 fully saturated rings. The van der Waals surface area contributed by atoms with E-state index < -0.39 is 0 Å². The summed E-state index contributed by atoms with van der Waals surface area (Å²) >= 11 is 0. The van der Waals surface area contributed by atoms with Crippen LogP contribution >= 0.6 is 0 Å². The first kappa shape index (κ1) is 11.6. The molecule has 3 nitrogen and oxygen atoms in total. The smallest absolute Gasteiger partial charge is 0.119 e. The first-order chi connectivity index (χ1) is 8.78. The summed E-state index contributed by atoms with van der Waals surface area (Å²) in [6.45, 7) is 1.80. The van der Waals surface area contributed by atoms with Crippen molar-refractivity contribution in [1.82, 2.24) is 4.90 Å². The fourth-order valence-electron chi connectivity index (χ4n) is 3.02. The van der Waals surface area contributed by atoms with Crippen LogP contribution in [0.4, 0.5) is 0 Å². The Morgan fingerprint density at radius 1 is 1.33 bits per heavy atom. The van der Waals surface area contributed by atoms with E-state index in [2.05, 4.69) is 17.0 Å². The minimum absolute atomic E-state index is 0.486. The highest BCUT2D eigenvalue weighted by atomic mass is 16.5. The molecule has 0 amide bonds. The highest BCUT2D eigenvalue weighted by molar-refractivity contribution is 5.41. The molecule has 1 aliphatic carbocycles. The number of nitrogens with zero attached hydrogens (tertiary/aromatic N) is 1. The lowest BCUT2D eigenvalue weighted by Gasteiger charge is -2.31. The van der Waals surface area contributed by atoms with Crippen LogP contribution in [0, 0.1) is 0 Å². The third-order valence-corrected chi connectivity index (χ3v) is 4.06. The van der Waals surface area contributed by atoms with E-state index >= 15 is 0 Å². The Morgan fingerprint density at radius 3 is 2.94 bits per heavy atom. The second-order valence-corrected chi connectivity index (χ2v) is 5.06. The van der Waals surface area contributed by atoms with Crippen LogP contribution in [-0.2, 0) is 6.42 Å². The number of aliphatic hydroxyl groups is 1. The number of aryl methyl sites for hydroxylation is 1. The molecule has 0 saturated carbocycles. The Morgan fingerprint density at radius 2 is 2.22 bits per heavy atom. The predicted octanol–water partition coefficient (Wildman–Crippen LogP) is 2.83. The normalized spacial score (nSPS) is 23.6. The summed E-state index contributed by atoms with van der Waals surface area (Å²) in [6, 6.07) is 6.89. The molecule has 0 radical (unpaired) electrons. The van der Waals surface area contributed by atoms with Crippen molar-refractivity contribution in [3.63, 3.8) is 0 Å². The molecule has 1 heterocycles. The molecule has 1 aliphatic heterocycles. The van der Waals surface area contributed by atoms with Crippen molar-refractivity contribution < 1.29 is 9.84 Å². The van der Waals surface area contributed by atoms with E-state index in [-0.39, 0.29) is 0 Å².